The predicted molar refractivity (Wildman–Crippen MR) is 155 cm³/mol. The van der Waals surface area contributed by atoms with Crippen LogP contribution in [0.5, 0.6) is 0 Å². The number of rotatable bonds is 5. The Labute approximate surface area is 210 Å². The first-order chi connectivity index (χ1) is 17.6. The first-order valence-electron chi connectivity index (χ1n) is 11.9. The lowest BCUT2D eigenvalue weighted by Gasteiger charge is -2.25. The smallest absolute Gasteiger partial charge is 0.227 e. The number of nitrogens with two attached hydrogens (primary N) is 1. The van der Waals surface area contributed by atoms with Gasteiger partial charge in [0.2, 0.25) is 7.29 Å². The van der Waals surface area contributed by atoms with Crippen LogP contribution in [0.15, 0.2) is 133 Å². The van der Waals surface area contributed by atoms with Gasteiger partial charge in [0, 0.05) is 33.1 Å². The summed E-state index contributed by atoms with van der Waals surface area (Å²) < 4.78 is 14.9. The Kier molecular flexibility index (Phi) is 5.56. The molecule has 0 saturated heterocycles. The lowest BCUT2D eigenvalue weighted by molar-refractivity contribution is 0.590. The molecule has 0 bridgehead atoms. The van der Waals surface area contributed by atoms with Crippen molar-refractivity contribution in [2.75, 3.05) is 10.8 Å². The van der Waals surface area contributed by atoms with Gasteiger partial charge in [0.25, 0.3) is 0 Å². The summed E-state index contributed by atoms with van der Waals surface area (Å²) in [5.74, 6) is 0. The standard InChI is InChI=1S/C32H25N2OP/c33-29-21-19-23-11-7-9-17-27(23)31(29)32-28-18-10-8-12-24(28)20-22-30(32)34-36(35,25-13-3-1-4-14-25)26-15-5-2-6-16-26/h1-22H,33H2,(H,34,35). The fourth-order valence-electron chi connectivity index (χ4n) is 4.93. The van der Waals surface area contributed by atoms with E-state index in [9.17, 15) is 4.57 Å². The summed E-state index contributed by atoms with van der Waals surface area (Å²) >= 11 is 0. The van der Waals surface area contributed by atoms with Crippen molar-refractivity contribution in [1.82, 2.24) is 0 Å². The number of hydrogen-bond acceptors (Lipinski definition) is 2. The molecule has 0 aliphatic carbocycles. The second-order valence-corrected chi connectivity index (χ2v) is 11.3. The highest BCUT2D eigenvalue weighted by molar-refractivity contribution is 7.80. The van der Waals surface area contributed by atoms with Crippen LogP contribution in [0.4, 0.5) is 11.4 Å². The molecule has 4 heteroatoms. The van der Waals surface area contributed by atoms with Gasteiger partial charge in [-0.2, -0.15) is 0 Å². The SMILES string of the molecule is Nc1ccc2ccccc2c1-c1c(NP(=O)(c2ccccc2)c2ccccc2)ccc2ccccc12. The minimum absolute atomic E-state index is 0.683. The average Bonchev–Trinajstić information content (AvgIpc) is 2.94. The summed E-state index contributed by atoms with van der Waals surface area (Å²) in [7, 11) is -3.24. The molecule has 6 aromatic rings. The third kappa shape index (κ3) is 3.75. The topological polar surface area (TPSA) is 55.1 Å². The maximum Gasteiger partial charge on any atom is 0.227 e. The van der Waals surface area contributed by atoms with Crippen LogP contribution in [0.3, 0.4) is 0 Å². The van der Waals surface area contributed by atoms with Gasteiger partial charge in [-0.25, -0.2) is 0 Å². The first kappa shape index (κ1) is 22.2. The zero-order valence-electron chi connectivity index (χ0n) is 19.6. The van der Waals surface area contributed by atoms with Crippen LogP contribution in [-0.2, 0) is 4.57 Å². The monoisotopic (exact) mass is 484 g/mol. The van der Waals surface area contributed by atoms with Gasteiger partial charge in [-0.1, -0.05) is 97.1 Å². The first-order valence-corrected chi connectivity index (χ1v) is 13.6. The van der Waals surface area contributed by atoms with Crippen molar-refractivity contribution in [3.63, 3.8) is 0 Å². The molecule has 0 radical (unpaired) electrons. The molecule has 0 aliphatic heterocycles. The molecule has 174 valence electrons. The second kappa shape index (κ2) is 9.03. The zero-order chi connectivity index (χ0) is 24.5. The summed E-state index contributed by atoms with van der Waals surface area (Å²) in [5, 5.41) is 9.36. The number of nitrogens with one attached hydrogen (secondary N) is 1. The molecule has 36 heavy (non-hydrogen) atoms. The van der Waals surface area contributed by atoms with Crippen LogP contribution in [0.1, 0.15) is 0 Å². The van der Waals surface area contributed by atoms with Crippen LogP contribution in [0, 0.1) is 0 Å². The van der Waals surface area contributed by atoms with Crippen molar-refractivity contribution >= 4 is 50.8 Å². The van der Waals surface area contributed by atoms with Gasteiger partial charge in [-0.05, 0) is 57.9 Å². The number of fused-ring (bicyclic) bond motifs is 2. The number of anilines is 2. The van der Waals surface area contributed by atoms with E-state index >= 15 is 0 Å². The quantitative estimate of drug-likeness (QED) is 0.196. The number of nitrogen functional groups attached to an aromatic ring is 1. The van der Waals surface area contributed by atoms with Crippen LogP contribution in [0.25, 0.3) is 32.7 Å². The molecule has 0 atom stereocenters. The van der Waals surface area contributed by atoms with Crippen LogP contribution >= 0.6 is 7.29 Å². The van der Waals surface area contributed by atoms with E-state index in [4.69, 9.17) is 5.73 Å². The molecular weight excluding hydrogens is 459 g/mol. The zero-order valence-corrected chi connectivity index (χ0v) is 20.5. The van der Waals surface area contributed by atoms with E-state index in [1.807, 2.05) is 103 Å². The summed E-state index contributed by atoms with van der Waals surface area (Å²) in [5.41, 5.74) is 10.0. The molecule has 6 rings (SSSR count). The fraction of sp³-hybridized carbons (Fsp3) is 0. The summed E-state index contributed by atoms with van der Waals surface area (Å²) in [4.78, 5) is 0. The second-order valence-electron chi connectivity index (χ2n) is 8.85. The van der Waals surface area contributed by atoms with E-state index < -0.39 is 7.29 Å². The van der Waals surface area contributed by atoms with Gasteiger partial charge < -0.3 is 10.8 Å². The molecule has 0 fully saturated rings. The van der Waals surface area contributed by atoms with E-state index in [1.54, 1.807) is 0 Å². The van der Waals surface area contributed by atoms with Crippen molar-refractivity contribution in [3.8, 4) is 11.1 Å². The minimum atomic E-state index is -3.24. The van der Waals surface area contributed by atoms with E-state index in [0.717, 1.165) is 49.0 Å². The lowest BCUT2D eigenvalue weighted by atomic mass is 9.91. The van der Waals surface area contributed by atoms with E-state index in [1.165, 1.54) is 0 Å². The molecule has 0 heterocycles. The molecule has 0 aromatic heterocycles. The van der Waals surface area contributed by atoms with Crippen LogP contribution in [-0.4, -0.2) is 0 Å². The van der Waals surface area contributed by atoms with Crippen molar-refractivity contribution in [1.29, 1.82) is 0 Å². The maximum atomic E-state index is 14.9. The predicted octanol–water partition coefficient (Wildman–Crippen LogP) is 7.58. The van der Waals surface area contributed by atoms with Gasteiger partial charge in [0.15, 0.2) is 0 Å². The molecule has 0 saturated carbocycles. The molecule has 0 spiro atoms. The maximum absolute atomic E-state index is 14.9. The Morgan fingerprint density at radius 1 is 0.500 bits per heavy atom. The summed E-state index contributed by atoms with van der Waals surface area (Å²) in [6.45, 7) is 0. The van der Waals surface area contributed by atoms with Crippen LogP contribution in [0.2, 0.25) is 0 Å². The Bertz CT molecular complexity index is 1700. The highest BCUT2D eigenvalue weighted by Gasteiger charge is 2.29. The molecule has 3 N–H and O–H groups in total. The third-order valence-corrected chi connectivity index (χ3v) is 9.26. The number of hydrogen-bond donors (Lipinski definition) is 2. The number of benzene rings is 6. The van der Waals surface area contributed by atoms with Gasteiger partial charge in [0.05, 0.1) is 0 Å². The molecular formula is C32H25N2OP. The Hall–Kier alpha value is -4.33. The Morgan fingerprint density at radius 3 is 1.56 bits per heavy atom. The van der Waals surface area contributed by atoms with Crippen molar-refractivity contribution in [3.05, 3.63) is 133 Å². The molecule has 0 amide bonds. The molecule has 0 aliphatic rings. The van der Waals surface area contributed by atoms with Crippen molar-refractivity contribution in [2.45, 2.75) is 0 Å². The molecule has 0 unspecified atom stereocenters. The van der Waals surface area contributed by atoms with Gasteiger partial charge in [0.1, 0.15) is 0 Å². The van der Waals surface area contributed by atoms with E-state index in [0.29, 0.717) is 5.69 Å². The minimum Gasteiger partial charge on any atom is -0.398 e. The van der Waals surface area contributed by atoms with Gasteiger partial charge in [-0.3, -0.25) is 4.57 Å². The fourth-order valence-corrected chi connectivity index (χ4v) is 7.19. The third-order valence-electron chi connectivity index (χ3n) is 6.66. The van der Waals surface area contributed by atoms with Crippen molar-refractivity contribution < 1.29 is 4.57 Å². The molecule has 3 nitrogen and oxygen atoms in total. The molecule has 6 aromatic carbocycles. The van der Waals surface area contributed by atoms with Crippen molar-refractivity contribution in [2.24, 2.45) is 0 Å². The van der Waals surface area contributed by atoms with Gasteiger partial charge >= 0.3 is 0 Å². The lowest BCUT2D eigenvalue weighted by Crippen LogP contribution is -2.22. The summed E-state index contributed by atoms with van der Waals surface area (Å²) in [6.07, 6.45) is 0. The van der Waals surface area contributed by atoms with E-state index in [-0.39, 0.29) is 0 Å². The van der Waals surface area contributed by atoms with Crippen LogP contribution < -0.4 is 21.4 Å². The Morgan fingerprint density at radius 2 is 0.972 bits per heavy atom. The highest BCUT2D eigenvalue weighted by atomic mass is 31.2. The normalized spacial score (nSPS) is 11.6. The highest BCUT2D eigenvalue weighted by Crippen LogP contribution is 2.49. The van der Waals surface area contributed by atoms with E-state index in [2.05, 4.69) is 35.4 Å². The van der Waals surface area contributed by atoms with Gasteiger partial charge in [-0.15, -0.1) is 0 Å². The summed E-state index contributed by atoms with van der Waals surface area (Å²) in [6, 6.07) is 43.9. The average molecular weight is 485 g/mol. The Balaban J connectivity index is 1.66. The largest absolute Gasteiger partial charge is 0.398 e.